The second-order valence-electron chi connectivity index (χ2n) is 3.54. The van der Waals surface area contributed by atoms with Crippen LogP contribution >= 0.6 is 23.8 Å². The van der Waals surface area contributed by atoms with Crippen molar-refractivity contribution in [2.75, 3.05) is 7.11 Å². The zero-order valence-corrected chi connectivity index (χ0v) is 10.8. The van der Waals surface area contributed by atoms with Crippen molar-refractivity contribution in [1.29, 1.82) is 0 Å². The maximum absolute atomic E-state index is 5.94. The Hall–Kier alpha value is -1.23. The summed E-state index contributed by atoms with van der Waals surface area (Å²) >= 11 is 11.1. The Balaban J connectivity index is 2.48. The summed E-state index contributed by atoms with van der Waals surface area (Å²) in [5, 5.41) is 0.667. The van der Waals surface area contributed by atoms with Crippen molar-refractivity contribution >= 4 is 23.8 Å². The van der Waals surface area contributed by atoms with E-state index in [9.17, 15) is 0 Å². The number of H-pyrrole nitrogens is 1. The molecule has 3 nitrogen and oxygen atoms in total. The first-order valence-corrected chi connectivity index (χ1v) is 5.83. The lowest BCUT2D eigenvalue weighted by Crippen LogP contribution is -1.97. The fourth-order valence-corrected chi connectivity index (χ4v) is 1.94. The van der Waals surface area contributed by atoms with Crippen LogP contribution in [0.1, 0.15) is 5.69 Å². The highest BCUT2D eigenvalue weighted by Gasteiger charge is 2.03. The third-order valence-corrected chi connectivity index (χ3v) is 2.64. The van der Waals surface area contributed by atoms with Crippen molar-refractivity contribution in [2.24, 2.45) is 0 Å². The fourth-order valence-electron chi connectivity index (χ4n) is 1.51. The normalized spacial score (nSPS) is 10.5. The lowest BCUT2D eigenvalue weighted by molar-refractivity contribution is 0.181. The molecule has 0 spiro atoms. The Morgan fingerprint density at radius 2 is 2.24 bits per heavy atom. The Morgan fingerprint density at radius 3 is 2.94 bits per heavy atom. The highest BCUT2D eigenvalue weighted by Crippen LogP contribution is 2.19. The summed E-state index contributed by atoms with van der Waals surface area (Å²) in [6.07, 6.45) is 0. The molecule has 0 atom stereocenters. The Labute approximate surface area is 109 Å². The minimum Gasteiger partial charge on any atom is -0.378 e. The van der Waals surface area contributed by atoms with Gasteiger partial charge >= 0.3 is 0 Å². The van der Waals surface area contributed by atoms with Crippen LogP contribution in [0.3, 0.4) is 0 Å². The van der Waals surface area contributed by atoms with Gasteiger partial charge in [0.05, 0.1) is 6.61 Å². The fraction of sp³-hybridized carbons (Fsp3) is 0.167. The highest BCUT2D eigenvalue weighted by molar-refractivity contribution is 7.71. The van der Waals surface area contributed by atoms with E-state index >= 15 is 0 Å². The SMILES string of the molecule is COCc1cc(=S)nc(-c2cccc(Cl)c2)[nH]1. The summed E-state index contributed by atoms with van der Waals surface area (Å²) in [4.78, 5) is 7.44. The zero-order chi connectivity index (χ0) is 12.3. The van der Waals surface area contributed by atoms with E-state index in [1.54, 1.807) is 13.2 Å². The summed E-state index contributed by atoms with van der Waals surface area (Å²) in [6, 6.07) is 9.24. The van der Waals surface area contributed by atoms with Crippen molar-refractivity contribution in [3.8, 4) is 11.4 Å². The third kappa shape index (κ3) is 3.12. The van der Waals surface area contributed by atoms with Crippen LogP contribution < -0.4 is 0 Å². The van der Waals surface area contributed by atoms with Crippen LogP contribution in [0.15, 0.2) is 30.3 Å². The average molecular weight is 267 g/mol. The molecule has 1 aromatic carbocycles. The molecule has 0 unspecified atom stereocenters. The van der Waals surface area contributed by atoms with Crippen LogP contribution in [0, 0.1) is 4.64 Å². The van der Waals surface area contributed by atoms with Crippen molar-refractivity contribution in [3.05, 3.63) is 45.7 Å². The molecule has 1 aromatic heterocycles. The highest BCUT2D eigenvalue weighted by atomic mass is 35.5. The van der Waals surface area contributed by atoms with Crippen LogP contribution in [0.2, 0.25) is 5.02 Å². The van der Waals surface area contributed by atoms with Gasteiger partial charge < -0.3 is 9.72 Å². The molecule has 0 fully saturated rings. The van der Waals surface area contributed by atoms with Gasteiger partial charge in [-0.25, -0.2) is 4.98 Å². The molecule has 0 aliphatic heterocycles. The topological polar surface area (TPSA) is 37.9 Å². The molecule has 88 valence electrons. The molecule has 0 saturated carbocycles. The van der Waals surface area contributed by atoms with Gasteiger partial charge in [0.15, 0.2) is 0 Å². The van der Waals surface area contributed by atoms with Gasteiger partial charge in [0.2, 0.25) is 0 Å². The van der Waals surface area contributed by atoms with E-state index < -0.39 is 0 Å². The quantitative estimate of drug-likeness (QED) is 0.863. The summed E-state index contributed by atoms with van der Waals surface area (Å²) in [7, 11) is 1.64. The second kappa shape index (κ2) is 5.40. The molecule has 0 aliphatic rings. The number of hydrogen-bond donors (Lipinski definition) is 1. The van der Waals surface area contributed by atoms with E-state index in [0.717, 1.165) is 11.3 Å². The van der Waals surface area contributed by atoms with Crippen LogP contribution in [-0.2, 0) is 11.3 Å². The largest absolute Gasteiger partial charge is 0.378 e. The first kappa shape index (κ1) is 12.2. The smallest absolute Gasteiger partial charge is 0.139 e. The summed E-state index contributed by atoms with van der Waals surface area (Å²) < 4.78 is 5.60. The van der Waals surface area contributed by atoms with Crippen molar-refractivity contribution in [3.63, 3.8) is 0 Å². The van der Waals surface area contributed by atoms with E-state index in [0.29, 0.717) is 22.1 Å². The predicted molar refractivity (Wildman–Crippen MR) is 70.6 cm³/mol. The maximum Gasteiger partial charge on any atom is 0.139 e. The van der Waals surface area contributed by atoms with Crippen LogP contribution in [-0.4, -0.2) is 17.1 Å². The molecule has 0 aliphatic carbocycles. The number of ether oxygens (including phenoxy) is 1. The standard InChI is InChI=1S/C12H11ClN2OS/c1-16-7-10-6-11(17)15-12(14-10)8-3-2-4-9(13)5-8/h2-6H,7H2,1H3,(H,14,15,17). The van der Waals surface area contributed by atoms with E-state index in [4.69, 9.17) is 28.6 Å². The molecule has 17 heavy (non-hydrogen) atoms. The first-order valence-electron chi connectivity index (χ1n) is 5.04. The average Bonchev–Trinajstić information content (AvgIpc) is 2.28. The Bertz CT molecular complexity index is 583. The summed E-state index contributed by atoms with van der Waals surface area (Å²) in [5.41, 5.74) is 1.80. The molecule has 1 N–H and O–H groups in total. The van der Waals surface area contributed by atoms with Gasteiger partial charge in [-0.3, -0.25) is 0 Å². The van der Waals surface area contributed by atoms with Gasteiger partial charge in [-0.1, -0.05) is 36.0 Å². The lowest BCUT2D eigenvalue weighted by atomic mass is 10.2. The summed E-state index contributed by atoms with van der Waals surface area (Å²) in [6.45, 7) is 0.472. The minimum absolute atomic E-state index is 0.472. The minimum atomic E-state index is 0.472. The maximum atomic E-state index is 5.94. The number of rotatable bonds is 3. The number of hydrogen-bond acceptors (Lipinski definition) is 3. The number of nitrogens with zero attached hydrogens (tertiary/aromatic N) is 1. The zero-order valence-electron chi connectivity index (χ0n) is 9.24. The molecule has 1 heterocycles. The molecule has 0 saturated heterocycles. The van der Waals surface area contributed by atoms with E-state index in [1.807, 2.05) is 24.3 Å². The van der Waals surface area contributed by atoms with Gasteiger partial charge in [0.25, 0.3) is 0 Å². The van der Waals surface area contributed by atoms with Gasteiger partial charge in [-0.05, 0) is 18.2 Å². The number of aromatic nitrogens is 2. The van der Waals surface area contributed by atoms with Gasteiger partial charge in [0, 0.05) is 23.4 Å². The Kier molecular flexibility index (Phi) is 3.89. The van der Waals surface area contributed by atoms with E-state index in [2.05, 4.69) is 9.97 Å². The molecular weight excluding hydrogens is 256 g/mol. The number of nitrogens with one attached hydrogen (secondary N) is 1. The second-order valence-corrected chi connectivity index (χ2v) is 4.39. The molecule has 2 rings (SSSR count). The van der Waals surface area contributed by atoms with Crippen LogP contribution in [0.25, 0.3) is 11.4 Å². The van der Waals surface area contributed by atoms with Gasteiger partial charge in [0.1, 0.15) is 10.5 Å². The number of halogens is 1. The van der Waals surface area contributed by atoms with Crippen molar-refractivity contribution < 1.29 is 4.74 Å². The van der Waals surface area contributed by atoms with Gasteiger partial charge in [-0.2, -0.15) is 0 Å². The molecule has 5 heteroatoms. The first-order chi connectivity index (χ1) is 8.19. The molecule has 0 amide bonds. The van der Waals surface area contributed by atoms with Gasteiger partial charge in [-0.15, -0.1) is 0 Å². The molecule has 0 radical (unpaired) electrons. The monoisotopic (exact) mass is 266 g/mol. The van der Waals surface area contributed by atoms with Crippen LogP contribution in [0.4, 0.5) is 0 Å². The number of methoxy groups -OCH3 is 1. The summed E-state index contributed by atoms with van der Waals surface area (Å²) in [5.74, 6) is 0.701. The lowest BCUT2D eigenvalue weighted by Gasteiger charge is -2.05. The van der Waals surface area contributed by atoms with E-state index in [-0.39, 0.29) is 0 Å². The number of aromatic amines is 1. The molecule has 2 aromatic rings. The third-order valence-electron chi connectivity index (χ3n) is 2.20. The molecule has 0 bridgehead atoms. The number of benzene rings is 1. The van der Waals surface area contributed by atoms with E-state index in [1.165, 1.54) is 0 Å². The van der Waals surface area contributed by atoms with Crippen molar-refractivity contribution in [2.45, 2.75) is 6.61 Å². The molecular formula is C12H11ClN2OS. The Morgan fingerprint density at radius 1 is 1.41 bits per heavy atom. The van der Waals surface area contributed by atoms with Crippen molar-refractivity contribution in [1.82, 2.24) is 9.97 Å². The van der Waals surface area contributed by atoms with Crippen LogP contribution in [0.5, 0.6) is 0 Å². The predicted octanol–water partition coefficient (Wildman–Crippen LogP) is 3.61.